The standard InChI is InChI=1S/C22H22F3N3O2/c1-4-30-18(29)11-28-21-19(20(27-28)14-7-8-14)16(22(23,24)25)10-17(26-21)15-6-5-12(2)13(3)9-15/h5-6,9-10,14H,4,7-8,11H2,1-3H3. The minimum atomic E-state index is -4.57. The Balaban J connectivity index is 1.96. The number of esters is 1. The molecule has 4 rings (SSSR count). The molecule has 8 heteroatoms. The number of aryl methyl sites for hydroxylation is 2. The van der Waals surface area contributed by atoms with E-state index in [4.69, 9.17) is 4.74 Å². The number of nitrogens with zero attached hydrogens (tertiary/aromatic N) is 3. The fourth-order valence-corrected chi connectivity index (χ4v) is 3.55. The Morgan fingerprint density at radius 2 is 1.93 bits per heavy atom. The zero-order valence-electron chi connectivity index (χ0n) is 17.0. The molecule has 0 amide bonds. The third-order valence-corrected chi connectivity index (χ3v) is 5.39. The van der Waals surface area contributed by atoms with E-state index in [0.717, 1.165) is 30.0 Å². The number of ether oxygens (including phenoxy) is 1. The fourth-order valence-electron chi connectivity index (χ4n) is 3.55. The molecule has 0 radical (unpaired) electrons. The van der Waals surface area contributed by atoms with Crippen LogP contribution in [0.4, 0.5) is 13.2 Å². The zero-order chi connectivity index (χ0) is 21.6. The number of halogens is 3. The molecule has 0 atom stereocenters. The van der Waals surface area contributed by atoms with E-state index in [1.807, 2.05) is 26.0 Å². The molecule has 1 aliphatic rings. The summed E-state index contributed by atoms with van der Waals surface area (Å²) >= 11 is 0. The highest BCUT2D eigenvalue weighted by atomic mass is 19.4. The van der Waals surface area contributed by atoms with Crippen LogP contribution in [0.3, 0.4) is 0 Å². The van der Waals surface area contributed by atoms with Gasteiger partial charge < -0.3 is 4.74 Å². The maximum atomic E-state index is 14.1. The van der Waals surface area contributed by atoms with Crippen LogP contribution in [0.5, 0.6) is 0 Å². The van der Waals surface area contributed by atoms with Crippen molar-refractivity contribution in [3.63, 3.8) is 0 Å². The minimum absolute atomic E-state index is 0.0121. The summed E-state index contributed by atoms with van der Waals surface area (Å²) < 4.78 is 48.4. The quantitative estimate of drug-likeness (QED) is 0.537. The molecule has 1 aliphatic carbocycles. The second-order valence-electron chi connectivity index (χ2n) is 7.67. The van der Waals surface area contributed by atoms with Crippen LogP contribution in [0.15, 0.2) is 24.3 Å². The number of hydrogen-bond acceptors (Lipinski definition) is 4. The van der Waals surface area contributed by atoms with Gasteiger partial charge >= 0.3 is 12.1 Å². The highest BCUT2D eigenvalue weighted by molar-refractivity contribution is 5.87. The zero-order valence-corrected chi connectivity index (χ0v) is 17.0. The lowest BCUT2D eigenvalue weighted by molar-refractivity contribution is -0.144. The van der Waals surface area contributed by atoms with Crippen LogP contribution >= 0.6 is 0 Å². The molecule has 2 heterocycles. The first-order valence-electron chi connectivity index (χ1n) is 9.91. The summed E-state index contributed by atoms with van der Waals surface area (Å²) in [6.45, 7) is 5.42. The average Bonchev–Trinajstić information content (AvgIpc) is 3.46. The minimum Gasteiger partial charge on any atom is -0.465 e. The molecular formula is C22H22F3N3O2. The van der Waals surface area contributed by atoms with E-state index in [-0.39, 0.29) is 35.8 Å². The third kappa shape index (κ3) is 3.78. The monoisotopic (exact) mass is 417 g/mol. The van der Waals surface area contributed by atoms with Gasteiger partial charge in [0.15, 0.2) is 5.65 Å². The van der Waals surface area contributed by atoms with Crippen molar-refractivity contribution in [3.8, 4) is 11.3 Å². The van der Waals surface area contributed by atoms with Crippen molar-refractivity contribution >= 4 is 17.0 Å². The largest absolute Gasteiger partial charge is 0.465 e. The van der Waals surface area contributed by atoms with E-state index < -0.39 is 17.7 Å². The van der Waals surface area contributed by atoms with Gasteiger partial charge in [0.25, 0.3) is 0 Å². The molecule has 0 unspecified atom stereocenters. The Labute approximate surface area is 171 Å². The van der Waals surface area contributed by atoms with Crippen LogP contribution in [-0.4, -0.2) is 27.3 Å². The van der Waals surface area contributed by atoms with Crippen molar-refractivity contribution in [1.82, 2.24) is 14.8 Å². The first-order chi connectivity index (χ1) is 14.2. The van der Waals surface area contributed by atoms with E-state index in [0.29, 0.717) is 11.3 Å². The van der Waals surface area contributed by atoms with E-state index in [1.54, 1.807) is 13.0 Å². The van der Waals surface area contributed by atoms with Gasteiger partial charge in [0.1, 0.15) is 6.54 Å². The van der Waals surface area contributed by atoms with E-state index in [2.05, 4.69) is 10.1 Å². The SMILES string of the molecule is CCOC(=O)Cn1nc(C2CC2)c2c(C(F)(F)F)cc(-c3ccc(C)c(C)c3)nc21. The van der Waals surface area contributed by atoms with Gasteiger partial charge in [-0.3, -0.25) is 4.79 Å². The molecule has 30 heavy (non-hydrogen) atoms. The lowest BCUT2D eigenvalue weighted by Crippen LogP contribution is -2.15. The average molecular weight is 417 g/mol. The number of aromatic nitrogens is 3. The Morgan fingerprint density at radius 3 is 2.53 bits per heavy atom. The fraction of sp³-hybridized carbons (Fsp3) is 0.409. The first kappa shape index (κ1) is 20.4. The summed E-state index contributed by atoms with van der Waals surface area (Å²) in [4.78, 5) is 16.6. The third-order valence-electron chi connectivity index (χ3n) is 5.39. The van der Waals surface area contributed by atoms with Crippen LogP contribution in [-0.2, 0) is 22.3 Å². The Hall–Kier alpha value is -2.90. The summed E-state index contributed by atoms with van der Waals surface area (Å²) in [5.74, 6) is -0.595. The van der Waals surface area contributed by atoms with Crippen molar-refractivity contribution in [2.24, 2.45) is 0 Å². The Morgan fingerprint density at radius 1 is 1.20 bits per heavy atom. The summed E-state index contributed by atoms with van der Waals surface area (Å²) in [5, 5.41) is 4.36. The number of fused-ring (bicyclic) bond motifs is 1. The number of benzene rings is 1. The predicted molar refractivity (Wildman–Crippen MR) is 106 cm³/mol. The summed E-state index contributed by atoms with van der Waals surface area (Å²) in [5.41, 5.74) is 2.44. The van der Waals surface area contributed by atoms with Crippen molar-refractivity contribution in [2.75, 3.05) is 6.61 Å². The van der Waals surface area contributed by atoms with Gasteiger partial charge in [0, 0.05) is 11.5 Å². The maximum absolute atomic E-state index is 14.1. The molecule has 1 fully saturated rings. The van der Waals surface area contributed by atoms with Crippen LogP contribution in [0.1, 0.15) is 48.1 Å². The highest BCUT2D eigenvalue weighted by Crippen LogP contribution is 2.46. The maximum Gasteiger partial charge on any atom is 0.417 e. The van der Waals surface area contributed by atoms with Gasteiger partial charge in [-0.25, -0.2) is 9.67 Å². The van der Waals surface area contributed by atoms with Crippen molar-refractivity contribution in [2.45, 2.75) is 52.3 Å². The summed E-state index contributed by atoms with van der Waals surface area (Å²) in [6, 6.07) is 6.52. The first-order valence-corrected chi connectivity index (χ1v) is 9.91. The van der Waals surface area contributed by atoms with E-state index >= 15 is 0 Å². The van der Waals surface area contributed by atoms with Crippen LogP contribution in [0.25, 0.3) is 22.3 Å². The molecular weight excluding hydrogens is 395 g/mol. The Kier molecular flexibility index (Phi) is 5.03. The van der Waals surface area contributed by atoms with Gasteiger partial charge in [-0.05, 0) is 56.9 Å². The molecule has 0 bridgehead atoms. The van der Waals surface area contributed by atoms with E-state index in [9.17, 15) is 18.0 Å². The van der Waals surface area contributed by atoms with Gasteiger partial charge in [-0.15, -0.1) is 0 Å². The summed E-state index contributed by atoms with van der Waals surface area (Å²) in [7, 11) is 0. The van der Waals surface area contributed by atoms with Crippen LogP contribution in [0.2, 0.25) is 0 Å². The lowest BCUT2D eigenvalue weighted by Gasteiger charge is -2.13. The number of alkyl halides is 3. The number of carbonyl (C=O) groups is 1. The molecule has 0 aliphatic heterocycles. The number of rotatable bonds is 5. The second-order valence-corrected chi connectivity index (χ2v) is 7.67. The molecule has 1 aromatic carbocycles. The molecule has 0 saturated heterocycles. The normalized spacial score (nSPS) is 14.3. The molecule has 0 N–H and O–H groups in total. The predicted octanol–water partition coefficient (Wildman–Crippen LogP) is 5.17. The number of pyridine rings is 1. The Bertz CT molecular complexity index is 1130. The molecule has 158 valence electrons. The van der Waals surface area contributed by atoms with Gasteiger partial charge in [-0.2, -0.15) is 18.3 Å². The van der Waals surface area contributed by atoms with Crippen molar-refractivity contribution in [1.29, 1.82) is 0 Å². The van der Waals surface area contributed by atoms with Gasteiger partial charge in [-0.1, -0.05) is 12.1 Å². The molecule has 3 aromatic rings. The lowest BCUT2D eigenvalue weighted by atomic mass is 10.0. The molecule has 0 spiro atoms. The smallest absolute Gasteiger partial charge is 0.417 e. The topological polar surface area (TPSA) is 57.0 Å². The second kappa shape index (κ2) is 7.41. The molecule has 5 nitrogen and oxygen atoms in total. The van der Waals surface area contributed by atoms with E-state index in [1.165, 1.54) is 4.68 Å². The van der Waals surface area contributed by atoms with Crippen LogP contribution < -0.4 is 0 Å². The van der Waals surface area contributed by atoms with Gasteiger partial charge in [0.2, 0.25) is 0 Å². The van der Waals surface area contributed by atoms with Crippen molar-refractivity contribution in [3.05, 3.63) is 46.6 Å². The number of carbonyl (C=O) groups excluding carboxylic acids is 1. The van der Waals surface area contributed by atoms with Crippen LogP contribution in [0, 0.1) is 13.8 Å². The summed E-state index contributed by atoms with van der Waals surface area (Å²) in [6.07, 6.45) is -3.01. The molecule has 1 saturated carbocycles. The van der Waals surface area contributed by atoms with Gasteiger partial charge in [0.05, 0.1) is 28.9 Å². The van der Waals surface area contributed by atoms with Crippen molar-refractivity contribution < 1.29 is 22.7 Å². The highest BCUT2D eigenvalue weighted by Gasteiger charge is 2.39. The molecule has 2 aromatic heterocycles. The number of hydrogen-bond donors (Lipinski definition) is 0.